The molecule has 2 unspecified atom stereocenters. The maximum atomic E-state index is 11.9. The molecular weight excluding hydrogens is 364 g/mol. The van der Waals surface area contributed by atoms with Crippen molar-refractivity contribution in [2.75, 3.05) is 31.1 Å². The van der Waals surface area contributed by atoms with Crippen molar-refractivity contribution in [2.45, 2.75) is 70.4 Å². The number of aliphatic imine (C=N–C) groups is 1. The monoisotopic (exact) mass is 398 g/mol. The maximum Gasteiger partial charge on any atom is 0.222 e. The molecule has 154 valence electrons. The molecule has 1 amide bonds. The second kappa shape index (κ2) is 9.26. The van der Waals surface area contributed by atoms with Crippen molar-refractivity contribution in [3.63, 3.8) is 0 Å². The highest BCUT2D eigenvalue weighted by Crippen LogP contribution is 2.20. The average Bonchev–Trinajstić information content (AvgIpc) is 3.26. The fraction of sp³-hybridized carbons (Fsp3) is 0.895. The van der Waals surface area contributed by atoms with E-state index in [-0.39, 0.29) is 23.6 Å². The van der Waals surface area contributed by atoms with Crippen LogP contribution in [0.3, 0.4) is 0 Å². The molecule has 2 heterocycles. The highest BCUT2D eigenvalue weighted by molar-refractivity contribution is 7.91. The number of rotatable bonds is 5. The summed E-state index contributed by atoms with van der Waals surface area (Å²) in [5, 5.41) is 7.08. The van der Waals surface area contributed by atoms with E-state index in [9.17, 15) is 13.2 Å². The Morgan fingerprint density at radius 1 is 1.07 bits per heavy atom. The molecule has 0 aromatic carbocycles. The Kier molecular flexibility index (Phi) is 7.00. The second-order valence-corrected chi connectivity index (χ2v) is 10.5. The summed E-state index contributed by atoms with van der Waals surface area (Å²) in [6.07, 6.45) is 8.29. The lowest BCUT2D eigenvalue weighted by Gasteiger charge is -2.27. The average molecular weight is 399 g/mol. The minimum Gasteiger partial charge on any atom is -0.354 e. The highest BCUT2D eigenvalue weighted by atomic mass is 32.2. The van der Waals surface area contributed by atoms with Crippen LogP contribution in [0.25, 0.3) is 0 Å². The smallest absolute Gasteiger partial charge is 0.222 e. The van der Waals surface area contributed by atoms with Crippen LogP contribution in [0.5, 0.6) is 0 Å². The summed E-state index contributed by atoms with van der Waals surface area (Å²) in [4.78, 5) is 18.6. The van der Waals surface area contributed by atoms with Gasteiger partial charge in [0.05, 0.1) is 11.5 Å². The number of carbonyl (C=O) groups is 1. The summed E-state index contributed by atoms with van der Waals surface area (Å²) in [6, 6.07) is 0.648. The molecule has 3 fully saturated rings. The molecule has 1 saturated carbocycles. The Labute approximate surface area is 163 Å². The Morgan fingerprint density at radius 2 is 1.81 bits per heavy atom. The zero-order chi connectivity index (χ0) is 19.3. The summed E-state index contributed by atoms with van der Waals surface area (Å²) >= 11 is 0. The summed E-state index contributed by atoms with van der Waals surface area (Å²) in [6.45, 7) is 3.96. The Hall–Kier alpha value is -1.31. The standard InChI is InChI=1S/C19H34N4O3S/c1-2-18(24)23-10-8-17(13-23)22-19(21-16-6-4-3-5-7-16)20-12-15-9-11-27(25,26)14-15/h15-17H,2-14H2,1H3,(H2,20,21,22). The first-order valence-corrected chi connectivity index (χ1v) is 12.3. The van der Waals surface area contributed by atoms with Crippen molar-refractivity contribution in [1.29, 1.82) is 0 Å². The minimum atomic E-state index is -2.87. The molecular formula is C19H34N4O3S. The van der Waals surface area contributed by atoms with Crippen LogP contribution in [-0.2, 0) is 14.6 Å². The van der Waals surface area contributed by atoms with Crippen LogP contribution in [0.2, 0.25) is 0 Å². The summed E-state index contributed by atoms with van der Waals surface area (Å²) in [5.41, 5.74) is 0. The summed E-state index contributed by atoms with van der Waals surface area (Å²) in [7, 11) is -2.87. The van der Waals surface area contributed by atoms with Gasteiger partial charge in [0.1, 0.15) is 0 Å². The fourth-order valence-corrected chi connectivity index (χ4v) is 6.18. The van der Waals surface area contributed by atoms with Crippen LogP contribution >= 0.6 is 0 Å². The maximum absolute atomic E-state index is 11.9. The SMILES string of the molecule is CCC(=O)N1CCC(NC(=NCC2CCS(=O)(=O)C2)NC2CCCCC2)C1. The number of sulfone groups is 1. The molecule has 0 aromatic heterocycles. The number of hydrogen-bond acceptors (Lipinski definition) is 4. The first kappa shape index (κ1) is 20.4. The molecule has 2 saturated heterocycles. The molecule has 3 aliphatic rings. The van der Waals surface area contributed by atoms with Gasteiger partial charge >= 0.3 is 0 Å². The fourth-order valence-electron chi connectivity index (χ4n) is 4.33. The second-order valence-electron chi connectivity index (χ2n) is 8.26. The molecule has 27 heavy (non-hydrogen) atoms. The van der Waals surface area contributed by atoms with E-state index < -0.39 is 9.84 Å². The normalized spacial score (nSPS) is 29.1. The predicted octanol–water partition coefficient (Wildman–Crippen LogP) is 1.30. The number of likely N-dealkylation sites (tertiary alicyclic amines) is 1. The third-order valence-corrected chi connectivity index (χ3v) is 7.80. The van der Waals surface area contributed by atoms with Crippen LogP contribution in [0, 0.1) is 5.92 Å². The van der Waals surface area contributed by atoms with E-state index >= 15 is 0 Å². The molecule has 0 radical (unpaired) electrons. The highest BCUT2D eigenvalue weighted by Gasteiger charge is 2.29. The number of carbonyl (C=O) groups excluding carboxylic acids is 1. The molecule has 0 bridgehead atoms. The molecule has 0 aromatic rings. The molecule has 7 nitrogen and oxygen atoms in total. The molecule has 2 aliphatic heterocycles. The molecule has 1 aliphatic carbocycles. The van der Waals surface area contributed by atoms with Gasteiger partial charge in [0.2, 0.25) is 5.91 Å². The lowest BCUT2D eigenvalue weighted by Crippen LogP contribution is -2.49. The molecule has 0 spiro atoms. The largest absolute Gasteiger partial charge is 0.354 e. The van der Waals surface area contributed by atoms with Crippen LogP contribution in [-0.4, -0.2) is 68.4 Å². The number of amides is 1. The predicted molar refractivity (Wildman–Crippen MR) is 107 cm³/mol. The molecule has 8 heteroatoms. The Morgan fingerprint density at radius 3 is 2.48 bits per heavy atom. The lowest BCUT2D eigenvalue weighted by molar-refractivity contribution is -0.129. The quantitative estimate of drug-likeness (QED) is 0.538. The van der Waals surface area contributed by atoms with E-state index in [4.69, 9.17) is 4.99 Å². The van der Waals surface area contributed by atoms with E-state index in [1.807, 2.05) is 11.8 Å². The van der Waals surface area contributed by atoms with E-state index in [1.54, 1.807) is 0 Å². The third-order valence-electron chi connectivity index (χ3n) is 5.96. The molecule has 3 rings (SSSR count). The number of hydrogen-bond donors (Lipinski definition) is 2. The summed E-state index contributed by atoms with van der Waals surface area (Å²) in [5.74, 6) is 1.68. The number of guanidine groups is 1. The van der Waals surface area contributed by atoms with Crippen LogP contribution in [0.1, 0.15) is 58.3 Å². The van der Waals surface area contributed by atoms with E-state index in [0.29, 0.717) is 31.2 Å². The number of nitrogens with one attached hydrogen (secondary N) is 2. The lowest BCUT2D eigenvalue weighted by atomic mass is 9.96. The van der Waals surface area contributed by atoms with Gasteiger partial charge in [-0.05, 0) is 31.6 Å². The van der Waals surface area contributed by atoms with Gasteiger partial charge in [-0.2, -0.15) is 0 Å². The van der Waals surface area contributed by atoms with Gasteiger partial charge in [-0.15, -0.1) is 0 Å². The Bertz CT molecular complexity index is 643. The van der Waals surface area contributed by atoms with E-state index in [0.717, 1.165) is 38.3 Å². The first-order chi connectivity index (χ1) is 12.9. The zero-order valence-electron chi connectivity index (χ0n) is 16.5. The van der Waals surface area contributed by atoms with Crippen molar-refractivity contribution >= 4 is 21.7 Å². The van der Waals surface area contributed by atoms with Crippen LogP contribution < -0.4 is 10.6 Å². The van der Waals surface area contributed by atoms with Crippen molar-refractivity contribution in [2.24, 2.45) is 10.9 Å². The summed E-state index contributed by atoms with van der Waals surface area (Å²) < 4.78 is 23.4. The van der Waals surface area contributed by atoms with Crippen molar-refractivity contribution in [1.82, 2.24) is 15.5 Å². The van der Waals surface area contributed by atoms with Gasteiger partial charge in [-0.25, -0.2) is 8.42 Å². The zero-order valence-corrected chi connectivity index (χ0v) is 17.3. The molecule has 2 N–H and O–H groups in total. The van der Waals surface area contributed by atoms with Gasteiger partial charge in [-0.1, -0.05) is 26.2 Å². The Balaban J connectivity index is 1.59. The van der Waals surface area contributed by atoms with Gasteiger partial charge in [0.15, 0.2) is 15.8 Å². The van der Waals surface area contributed by atoms with Crippen molar-refractivity contribution in [3.8, 4) is 0 Å². The van der Waals surface area contributed by atoms with Crippen LogP contribution in [0.15, 0.2) is 4.99 Å². The van der Waals surface area contributed by atoms with E-state index in [1.165, 1.54) is 19.3 Å². The minimum absolute atomic E-state index is 0.127. The van der Waals surface area contributed by atoms with Gasteiger partial charge in [0.25, 0.3) is 0 Å². The number of nitrogens with zero attached hydrogens (tertiary/aromatic N) is 2. The first-order valence-electron chi connectivity index (χ1n) is 10.5. The topological polar surface area (TPSA) is 90.9 Å². The van der Waals surface area contributed by atoms with Crippen molar-refractivity contribution < 1.29 is 13.2 Å². The van der Waals surface area contributed by atoms with Crippen molar-refractivity contribution in [3.05, 3.63) is 0 Å². The van der Waals surface area contributed by atoms with Gasteiger partial charge < -0.3 is 15.5 Å². The van der Waals surface area contributed by atoms with E-state index in [2.05, 4.69) is 10.6 Å². The third kappa shape index (κ3) is 6.09. The van der Waals surface area contributed by atoms with Gasteiger partial charge in [-0.3, -0.25) is 9.79 Å². The van der Waals surface area contributed by atoms with Gasteiger partial charge in [0, 0.05) is 38.1 Å². The molecule has 2 atom stereocenters. The van der Waals surface area contributed by atoms with Crippen LogP contribution in [0.4, 0.5) is 0 Å².